The van der Waals surface area contributed by atoms with Gasteiger partial charge in [-0.2, -0.15) is 0 Å². The van der Waals surface area contributed by atoms with Crippen LogP contribution in [0.5, 0.6) is 5.75 Å². The number of nitrogens with zero attached hydrogens (tertiary/aromatic N) is 1. The Hall–Kier alpha value is -2.30. The van der Waals surface area contributed by atoms with Gasteiger partial charge in [0.1, 0.15) is 5.75 Å². The molecule has 0 unspecified atom stereocenters. The average molecular weight is 289 g/mol. The predicted octanol–water partition coefficient (Wildman–Crippen LogP) is 2.60. The molecule has 1 aliphatic carbocycles. The minimum Gasteiger partial charge on any atom is -0.483 e. The summed E-state index contributed by atoms with van der Waals surface area (Å²) in [4.78, 5) is 24.6. The molecule has 0 atom stereocenters. The Labute approximate surface area is 123 Å². The van der Waals surface area contributed by atoms with Crippen molar-refractivity contribution in [3.05, 3.63) is 41.1 Å². The first kappa shape index (κ1) is 15.1. The van der Waals surface area contributed by atoms with E-state index < -0.39 is 5.97 Å². The van der Waals surface area contributed by atoms with Crippen molar-refractivity contribution in [3.63, 3.8) is 0 Å². The van der Waals surface area contributed by atoms with Crippen molar-refractivity contribution in [1.82, 2.24) is 4.90 Å². The molecule has 5 heteroatoms. The fourth-order valence-corrected chi connectivity index (χ4v) is 2.24. The normalized spacial score (nSPS) is 13.7. The van der Waals surface area contributed by atoms with Gasteiger partial charge in [-0.15, -0.1) is 0 Å². The van der Waals surface area contributed by atoms with Crippen LogP contribution in [0.2, 0.25) is 0 Å². The molecule has 0 spiro atoms. The summed E-state index contributed by atoms with van der Waals surface area (Å²) >= 11 is 0. The smallest absolute Gasteiger partial charge is 0.335 e. The average Bonchev–Trinajstić information content (AvgIpc) is 2.99. The van der Waals surface area contributed by atoms with Crippen molar-refractivity contribution >= 4 is 11.9 Å². The SMILES string of the molecule is Cc1ccc(C(=O)O)cc1OCC(=O)N(C)C1=CCCC1. The van der Waals surface area contributed by atoms with E-state index in [1.54, 1.807) is 18.0 Å². The maximum Gasteiger partial charge on any atom is 0.335 e. The molecule has 1 aromatic rings. The Morgan fingerprint density at radius 3 is 2.76 bits per heavy atom. The second-order valence-corrected chi connectivity index (χ2v) is 5.11. The predicted molar refractivity (Wildman–Crippen MR) is 78.3 cm³/mol. The number of amides is 1. The molecule has 112 valence electrons. The van der Waals surface area contributed by atoms with Crippen molar-refractivity contribution in [3.8, 4) is 5.75 Å². The lowest BCUT2D eigenvalue weighted by atomic mass is 10.1. The first-order valence-electron chi connectivity index (χ1n) is 6.91. The number of carbonyl (C=O) groups excluding carboxylic acids is 1. The summed E-state index contributed by atoms with van der Waals surface area (Å²) in [5.74, 6) is -0.722. The summed E-state index contributed by atoms with van der Waals surface area (Å²) in [6, 6.07) is 4.63. The Morgan fingerprint density at radius 2 is 2.14 bits per heavy atom. The Kier molecular flexibility index (Phi) is 4.62. The van der Waals surface area contributed by atoms with Gasteiger partial charge in [-0.25, -0.2) is 4.79 Å². The summed E-state index contributed by atoms with van der Waals surface area (Å²) in [6.45, 7) is 1.71. The number of benzene rings is 1. The summed E-state index contributed by atoms with van der Waals surface area (Å²) in [7, 11) is 1.74. The van der Waals surface area contributed by atoms with Crippen molar-refractivity contribution in [2.45, 2.75) is 26.2 Å². The molecule has 0 saturated carbocycles. The third kappa shape index (κ3) is 3.62. The van der Waals surface area contributed by atoms with E-state index >= 15 is 0 Å². The number of likely N-dealkylation sites (N-methyl/N-ethyl adjacent to an activating group) is 1. The van der Waals surface area contributed by atoms with Gasteiger partial charge in [0.15, 0.2) is 6.61 Å². The molecule has 1 N–H and O–H groups in total. The first-order chi connectivity index (χ1) is 9.99. The van der Waals surface area contributed by atoms with Gasteiger partial charge in [-0.05, 0) is 43.9 Å². The van der Waals surface area contributed by atoms with Crippen LogP contribution >= 0.6 is 0 Å². The van der Waals surface area contributed by atoms with Crippen molar-refractivity contribution in [2.75, 3.05) is 13.7 Å². The van der Waals surface area contributed by atoms with E-state index in [0.717, 1.165) is 30.5 Å². The molecular formula is C16H19NO4. The van der Waals surface area contributed by atoms with Crippen molar-refractivity contribution in [1.29, 1.82) is 0 Å². The van der Waals surface area contributed by atoms with Crippen LogP contribution in [-0.4, -0.2) is 35.5 Å². The zero-order chi connectivity index (χ0) is 15.4. The molecule has 0 heterocycles. The molecule has 0 fully saturated rings. The summed E-state index contributed by atoms with van der Waals surface area (Å²) in [5, 5.41) is 8.97. The summed E-state index contributed by atoms with van der Waals surface area (Å²) < 4.78 is 5.49. The molecule has 1 aromatic carbocycles. The lowest BCUT2D eigenvalue weighted by molar-refractivity contribution is -0.130. The van der Waals surface area contributed by atoms with Crippen molar-refractivity contribution in [2.24, 2.45) is 0 Å². The van der Waals surface area contributed by atoms with E-state index in [4.69, 9.17) is 9.84 Å². The number of carbonyl (C=O) groups is 2. The third-order valence-corrected chi connectivity index (χ3v) is 3.61. The maximum atomic E-state index is 12.1. The van der Waals surface area contributed by atoms with Crippen LogP contribution in [0.4, 0.5) is 0 Å². The van der Waals surface area contributed by atoms with E-state index in [0.29, 0.717) is 5.75 Å². The van der Waals surface area contributed by atoms with Gasteiger partial charge >= 0.3 is 5.97 Å². The molecule has 0 aliphatic heterocycles. The lowest BCUT2D eigenvalue weighted by Gasteiger charge is -2.19. The second kappa shape index (κ2) is 6.43. The van der Waals surface area contributed by atoms with Crippen LogP contribution in [0.25, 0.3) is 0 Å². The maximum absolute atomic E-state index is 12.1. The fourth-order valence-electron chi connectivity index (χ4n) is 2.24. The highest BCUT2D eigenvalue weighted by Crippen LogP contribution is 2.22. The number of hydrogen-bond acceptors (Lipinski definition) is 3. The summed E-state index contributed by atoms with van der Waals surface area (Å²) in [5.41, 5.74) is 1.98. The third-order valence-electron chi connectivity index (χ3n) is 3.61. The monoisotopic (exact) mass is 289 g/mol. The first-order valence-corrected chi connectivity index (χ1v) is 6.91. The molecule has 0 bridgehead atoms. The van der Waals surface area contributed by atoms with Crippen LogP contribution in [0, 0.1) is 6.92 Å². The number of allylic oxidation sites excluding steroid dienone is 2. The Balaban J connectivity index is 2.00. The Bertz CT molecular complexity index is 592. The van der Waals surface area contributed by atoms with Crippen LogP contribution in [0.1, 0.15) is 35.2 Å². The number of carboxylic acid groups (broad SMARTS) is 1. The van der Waals surface area contributed by atoms with E-state index in [1.165, 1.54) is 12.1 Å². The zero-order valence-corrected chi connectivity index (χ0v) is 12.3. The standard InChI is InChI=1S/C16H19NO4/c1-11-7-8-12(16(19)20)9-14(11)21-10-15(18)17(2)13-5-3-4-6-13/h5,7-9H,3-4,6,10H2,1-2H3,(H,19,20). The van der Waals surface area contributed by atoms with Crippen LogP contribution < -0.4 is 4.74 Å². The van der Waals surface area contributed by atoms with Gasteiger partial charge in [-0.1, -0.05) is 12.1 Å². The Morgan fingerprint density at radius 1 is 1.38 bits per heavy atom. The van der Waals surface area contributed by atoms with Crippen molar-refractivity contribution < 1.29 is 19.4 Å². The number of aryl methyl sites for hydroxylation is 1. The molecular weight excluding hydrogens is 270 g/mol. The van der Waals surface area contributed by atoms with Crippen LogP contribution in [-0.2, 0) is 4.79 Å². The number of rotatable bonds is 5. The number of hydrogen-bond donors (Lipinski definition) is 1. The number of carboxylic acids is 1. The highest BCUT2D eigenvalue weighted by atomic mass is 16.5. The van der Waals surface area contributed by atoms with E-state index in [2.05, 4.69) is 6.08 Å². The minimum atomic E-state index is -1.01. The highest BCUT2D eigenvalue weighted by molar-refractivity contribution is 5.88. The van der Waals surface area contributed by atoms with Gasteiger partial charge < -0.3 is 14.7 Å². The number of ether oxygens (including phenoxy) is 1. The van der Waals surface area contributed by atoms with Gasteiger partial charge in [0.2, 0.25) is 0 Å². The quantitative estimate of drug-likeness (QED) is 0.904. The molecule has 1 aliphatic rings. The zero-order valence-electron chi connectivity index (χ0n) is 12.3. The molecule has 0 radical (unpaired) electrons. The largest absolute Gasteiger partial charge is 0.483 e. The van der Waals surface area contributed by atoms with Crippen LogP contribution in [0.15, 0.2) is 30.0 Å². The van der Waals surface area contributed by atoms with E-state index in [1.807, 2.05) is 6.92 Å². The van der Waals surface area contributed by atoms with Gasteiger partial charge in [0, 0.05) is 12.7 Å². The molecule has 0 saturated heterocycles. The van der Waals surface area contributed by atoms with E-state index in [-0.39, 0.29) is 18.1 Å². The molecule has 21 heavy (non-hydrogen) atoms. The minimum absolute atomic E-state index is 0.0995. The fraction of sp³-hybridized carbons (Fsp3) is 0.375. The molecule has 5 nitrogen and oxygen atoms in total. The lowest BCUT2D eigenvalue weighted by Crippen LogP contribution is -2.30. The highest BCUT2D eigenvalue weighted by Gasteiger charge is 2.17. The van der Waals surface area contributed by atoms with Gasteiger partial charge in [0.25, 0.3) is 5.91 Å². The number of aromatic carboxylic acids is 1. The van der Waals surface area contributed by atoms with E-state index in [9.17, 15) is 9.59 Å². The van der Waals surface area contributed by atoms with Gasteiger partial charge in [-0.3, -0.25) is 4.79 Å². The summed E-state index contributed by atoms with van der Waals surface area (Å²) in [6.07, 6.45) is 5.06. The van der Waals surface area contributed by atoms with Crippen LogP contribution in [0.3, 0.4) is 0 Å². The molecule has 0 aromatic heterocycles. The molecule has 1 amide bonds. The second-order valence-electron chi connectivity index (χ2n) is 5.11. The topological polar surface area (TPSA) is 66.8 Å². The molecule has 2 rings (SSSR count). The van der Waals surface area contributed by atoms with Gasteiger partial charge in [0.05, 0.1) is 5.56 Å².